The van der Waals surface area contributed by atoms with Crippen LogP contribution in [0.3, 0.4) is 0 Å². The first kappa shape index (κ1) is 19.7. The molecule has 1 unspecified atom stereocenters. The third-order valence-corrected chi connectivity index (χ3v) is 5.69. The molecular weight excluding hydrogens is 360 g/mol. The molecule has 152 valence electrons. The van der Waals surface area contributed by atoms with E-state index in [1.807, 2.05) is 37.3 Å². The highest BCUT2D eigenvalue weighted by Crippen LogP contribution is 2.29. The van der Waals surface area contributed by atoms with Crippen LogP contribution in [0.1, 0.15) is 62.5 Å². The molecule has 4 rings (SSSR count). The summed E-state index contributed by atoms with van der Waals surface area (Å²) in [5, 5.41) is 4.17. The number of carbonyl (C=O) groups is 1. The van der Waals surface area contributed by atoms with Crippen LogP contribution in [0.5, 0.6) is 0 Å². The molecule has 0 saturated heterocycles. The number of hydrogen-bond donors (Lipinski definition) is 1. The molecule has 2 aromatic carbocycles. The molecule has 1 aliphatic rings. The summed E-state index contributed by atoms with van der Waals surface area (Å²) in [6, 6.07) is 19.1. The molecule has 1 heterocycles. The van der Waals surface area contributed by atoms with E-state index in [-0.39, 0.29) is 11.9 Å². The van der Waals surface area contributed by atoms with Gasteiger partial charge in [-0.05, 0) is 48.9 Å². The molecule has 0 spiro atoms. The van der Waals surface area contributed by atoms with E-state index in [4.69, 9.17) is 4.42 Å². The van der Waals surface area contributed by atoms with Crippen LogP contribution in [-0.2, 0) is 11.3 Å². The summed E-state index contributed by atoms with van der Waals surface area (Å²) in [6.45, 7) is 7.62. The zero-order valence-corrected chi connectivity index (χ0v) is 17.5. The highest BCUT2D eigenvalue weighted by molar-refractivity contribution is 5.80. The van der Waals surface area contributed by atoms with Crippen molar-refractivity contribution in [1.29, 1.82) is 0 Å². The van der Waals surface area contributed by atoms with E-state index in [0.717, 1.165) is 23.3 Å². The fourth-order valence-corrected chi connectivity index (χ4v) is 3.75. The van der Waals surface area contributed by atoms with Crippen molar-refractivity contribution in [3.63, 3.8) is 0 Å². The molecule has 1 fully saturated rings. The third-order valence-electron chi connectivity index (χ3n) is 5.69. The number of carbonyl (C=O) groups excluding carboxylic acids is 1. The maximum atomic E-state index is 12.7. The number of para-hydroxylation sites is 1. The second-order valence-electron chi connectivity index (χ2n) is 8.51. The van der Waals surface area contributed by atoms with Crippen molar-refractivity contribution < 1.29 is 9.21 Å². The molecule has 4 nitrogen and oxygen atoms in total. The van der Waals surface area contributed by atoms with Gasteiger partial charge in [-0.15, -0.1) is 0 Å². The normalized spacial score (nSPS) is 15.2. The van der Waals surface area contributed by atoms with Gasteiger partial charge in [-0.2, -0.15) is 0 Å². The molecule has 1 saturated carbocycles. The van der Waals surface area contributed by atoms with Crippen LogP contribution in [0, 0.1) is 0 Å². The van der Waals surface area contributed by atoms with Crippen molar-refractivity contribution in [2.75, 3.05) is 6.54 Å². The molecule has 0 radical (unpaired) electrons. The summed E-state index contributed by atoms with van der Waals surface area (Å²) >= 11 is 0. The lowest BCUT2D eigenvalue weighted by Crippen LogP contribution is -2.39. The van der Waals surface area contributed by atoms with E-state index in [1.165, 1.54) is 24.0 Å². The van der Waals surface area contributed by atoms with Gasteiger partial charge in [0.05, 0.1) is 12.6 Å². The molecule has 1 atom stereocenters. The lowest BCUT2D eigenvalue weighted by molar-refractivity contribution is -0.123. The van der Waals surface area contributed by atoms with Crippen LogP contribution in [0.15, 0.2) is 59.0 Å². The number of fused-ring (bicyclic) bond motifs is 1. The van der Waals surface area contributed by atoms with Gasteiger partial charge < -0.3 is 9.73 Å². The van der Waals surface area contributed by atoms with E-state index in [9.17, 15) is 4.79 Å². The standard InChI is InChI=1S/C25H30N2O2/c1-17(2)20-10-8-19(9-11-20)15-27(22-12-13-22)16-25(28)26-18(3)24-14-21-6-4-5-7-23(21)29-24/h4-11,14,17-18,22H,12-13,15-16H2,1-3H3,(H,26,28). The van der Waals surface area contributed by atoms with Crippen molar-refractivity contribution >= 4 is 16.9 Å². The minimum Gasteiger partial charge on any atom is -0.459 e. The molecule has 0 aliphatic heterocycles. The first-order valence-electron chi connectivity index (χ1n) is 10.6. The number of rotatable bonds is 8. The van der Waals surface area contributed by atoms with E-state index in [1.54, 1.807) is 0 Å². The Kier molecular flexibility index (Phi) is 5.72. The van der Waals surface area contributed by atoms with Gasteiger partial charge in [0.2, 0.25) is 5.91 Å². The summed E-state index contributed by atoms with van der Waals surface area (Å²) in [4.78, 5) is 15.0. The van der Waals surface area contributed by atoms with E-state index < -0.39 is 0 Å². The molecule has 1 N–H and O–H groups in total. The van der Waals surface area contributed by atoms with Crippen LogP contribution in [-0.4, -0.2) is 23.4 Å². The molecule has 0 bridgehead atoms. The average molecular weight is 391 g/mol. The van der Waals surface area contributed by atoms with Crippen LogP contribution in [0.2, 0.25) is 0 Å². The zero-order chi connectivity index (χ0) is 20.4. The molecular formula is C25H30N2O2. The molecule has 3 aromatic rings. The monoisotopic (exact) mass is 390 g/mol. The quantitative estimate of drug-likeness (QED) is 0.560. The number of nitrogens with one attached hydrogen (secondary N) is 1. The van der Waals surface area contributed by atoms with E-state index >= 15 is 0 Å². The molecule has 29 heavy (non-hydrogen) atoms. The first-order chi connectivity index (χ1) is 14.0. The predicted molar refractivity (Wildman–Crippen MR) is 117 cm³/mol. The molecule has 1 aromatic heterocycles. The Labute approximate surface area is 172 Å². The Balaban J connectivity index is 1.37. The third kappa shape index (κ3) is 4.88. The Hall–Kier alpha value is -2.59. The number of hydrogen-bond acceptors (Lipinski definition) is 3. The summed E-state index contributed by atoms with van der Waals surface area (Å²) in [5.41, 5.74) is 3.47. The Morgan fingerprint density at radius 1 is 1.10 bits per heavy atom. The van der Waals surface area contributed by atoms with E-state index in [0.29, 0.717) is 18.5 Å². The topological polar surface area (TPSA) is 45.5 Å². The van der Waals surface area contributed by atoms with Crippen molar-refractivity contribution in [2.24, 2.45) is 0 Å². The molecule has 1 aliphatic carbocycles. The van der Waals surface area contributed by atoms with Gasteiger partial charge in [-0.3, -0.25) is 9.69 Å². The Bertz CT molecular complexity index is 937. The van der Waals surface area contributed by atoms with Gasteiger partial charge in [0.1, 0.15) is 11.3 Å². The van der Waals surface area contributed by atoms with Crippen molar-refractivity contribution in [3.8, 4) is 0 Å². The second-order valence-corrected chi connectivity index (χ2v) is 8.51. The first-order valence-corrected chi connectivity index (χ1v) is 10.6. The minimum atomic E-state index is -0.152. The zero-order valence-electron chi connectivity index (χ0n) is 17.5. The van der Waals surface area contributed by atoms with Gasteiger partial charge in [-0.1, -0.05) is 56.3 Å². The van der Waals surface area contributed by atoms with Gasteiger partial charge in [0.15, 0.2) is 0 Å². The fourth-order valence-electron chi connectivity index (χ4n) is 3.75. The van der Waals surface area contributed by atoms with Gasteiger partial charge >= 0.3 is 0 Å². The fraction of sp³-hybridized carbons (Fsp3) is 0.400. The number of nitrogens with zero attached hydrogens (tertiary/aromatic N) is 1. The highest BCUT2D eigenvalue weighted by Gasteiger charge is 2.30. The summed E-state index contributed by atoms with van der Waals surface area (Å²) in [7, 11) is 0. The summed E-state index contributed by atoms with van der Waals surface area (Å²) in [5.74, 6) is 1.37. The SMILES string of the molecule is CC(C)c1ccc(CN(CC(=O)NC(C)c2cc3ccccc3o2)C2CC2)cc1. The largest absolute Gasteiger partial charge is 0.459 e. The van der Waals surface area contributed by atoms with E-state index in [2.05, 4.69) is 48.3 Å². The number of furan rings is 1. The molecule has 4 heteroatoms. The second kappa shape index (κ2) is 8.42. The summed E-state index contributed by atoms with van der Waals surface area (Å²) < 4.78 is 5.89. The van der Waals surface area contributed by atoms with Gasteiger partial charge in [-0.25, -0.2) is 0 Å². The van der Waals surface area contributed by atoms with Crippen LogP contribution < -0.4 is 5.32 Å². The Morgan fingerprint density at radius 3 is 2.48 bits per heavy atom. The smallest absolute Gasteiger partial charge is 0.234 e. The maximum Gasteiger partial charge on any atom is 0.234 e. The van der Waals surface area contributed by atoms with Gasteiger partial charge in [0.25, 0.3) is 0 Å². The predicted octanol–water partition coefficient (Wildman–Crippen LogP) is 5.40. The Morgan fingerprint density at radius 2 is 1.83 bits per heavy atom. The van der Waals surface area contributed by atoms with Crippen molar-refractivity contribution in [3.05, 3.63) is 71.5 Å². The van der Waals surface area contributed by atoms with Gasteiger partial charge in [0, 0.05) is 18.0 Å². The van der Waals surface area contributed by atoms with Crippen LogP contribution in [0.4, 0.5) is 0 Å². The van der Waals surface area contributed by atoms with Crippen LogP contribution >= 0.6 is 0 Å². The average Bonchev–Trinajstić information content (AvgIpc) is 3.46. The lowest BCUT2D eigenvalue weighted by Gasteiger charge is -2.23. The molecule has 1 amide bonds. The number of benzene rings is 2. The lowest BCUT2D eigenvalue weighted by atomic mass is 10.0. The maximum absolute atomic E-state index is 12.7. The highest BCUT2D eigenvalue weighted by atomic mass is 16.3. The van der Waals surface area contributed by atoms with Crippen molar-refractivity contribution in [2.45, 2.75) is 58.2 Å². The number of amides is 1. The van der Waals surface area contributed by atoms with Crippen molar-refractivity contribution in [1.82, 2.24) is 10.2 Å². The minimum absolute atomic E-state index is 0.0451. The summed E-state index contributed by atoms with van der Waals surface area (Å²) in [6.07, 6.45) is 2.35. The van der Waals surface area contributed by atoms with Crippen LogP contribution in [0.25, 0.3) is 11.0 Å².